The van der Waals surface area contributed by atoms with Crippen LogP contribution >= 0.6 is 0 Å². The Morgan fingerprint density at radius 3 is 2.53 bits per heavy atom. The standard InChI is InChI=1S/C14H22O3/c1-2-3-9-14(13(16)10-15)17-11-12-7-5-4-6-8-12/h4-8,13-16H,2-3,9-11H2,1H3/t13-,14-/m1/s1. The molecule has 2 atom stereocenters. The fourth-order valence-electron chi connectivity index (χ4n) is 1.69. The maximum absolute atomic E-state index is 9.65. The second-order valence-corrected chi connectivity index (χ2v) is 4.23. The zero-order valence-electron chi connectivity index (χ0n) is 10.4. The largest absolute Gasteiger partial charge is 0.394 e. The van der Waals surface area contributed by atoms with Crippen LogP contribution in [0, 0.1) is 0 Å². The van der Waals surface area contributed by atoms with Gasteiger partial charge in [-0.05, 0) is 12.0 Å². The molecule has 0 amide bonds. The first-order valence-electron chi connectivity index (χ1n) is 6.22. The van der Waals surface area contributed by atoms with Crippen molar-refractivity contribution >= 4 is 0 Å². The topological polar surface area (TPSA) is 49.7 Å². The van der Waals surface area contributed by atoms with Crippen LogP contribution in [-0.2, 0) is 11.3 Å². The normalized spacial score (nSPS) is 14.5. The summed E-state index contributed by atoms with van der Waals surface area (Å²) in [6, 6.07) is 9.86. The smallest absolute Gasteiger partial charge is 0.103 e. The molecule has 0 aliphatic rings. The lowest BCUT2D eigenvalue weighted by atomic mass is 10.1. The molecule has 0 saturated carbocycles. The van der Waals surface area contributed by atoms with Gasteiger partial charge in [-0.15, -0.1) is 0 Å². The number of hydrogen-bond donors (Lipinski definition) is 2. The minimum atomic E-state index is -0.787. The van der Waals surface area contributed by atoms with Crippen molar-refractivity contribution < 1.29 is 14.9 Å². The maximum Gasteiger partial charge on any atom is 0.103 e. The summed E-state index contributed by atoms with van der Waals surface area (Å²) in [5, 5.41) is 18.6. The molecule has 0 aromatic heterocycles. The van der Waals surface area contributed by atoms with Gasteiger partial charge in [0.15, 0.2) is 0 Å². The van der Waals surface area contributed by atoms with E-state index in [4.69, 9.17) is 9.84 Å². The van der Waals surface area contributed by atoms with Crippen molar-refractivity contribution in [2.45, 2.75) is 45.0 Å². The molecule has 0 fully saturated rings. The van der Waals surface area contributed by atoms with Crippen LogP contribution < -0.4 is 0 Å². The lowest BCUT2D eigenvalue weighted by molar-refractivity contribution is -0.0689. The second-order valence-electron chi connectivity index (χ2n) is 4.23. The highest BCUT2D eigenvalue weighted by atomic mass is 16.5. The molecule has 0 saturated heterocycles. The minimum Gasteiger partial charge on any atom is -0.394 e. The first-order valence-corrected chi connectivity index (χ1v) is 6.22. The fourth-order valence-corrected chi connectivity index (χ4v) is 1.69. The van der Waals surface area contributed by atoms with Crippen LogP contribution in [0.25, 0.3) is 0 Å². The molecule has 3 heteroatoms. The van der Waals surface area contributed by atoms with E-state index in [-0.39, 0.29) is 12.7 Å². The van der Waals surface area contributed by atoms with Gasteiger partial charge < -0.3 is 14.9 Å². The Bertz CT molecular complexity index is 287. The zero-order chi connectivity index (χ0) is 12.5. The number of aliphatic hydroxyl groups is 2. The Kier molecular flexibility index (Phi) is 6.86. The van der Waals surface area contributed by atoms with Crippen LogP contribution in [0.4, 0.5) is 0 Å². The van der Waals surface area contributed by atoms with E-state index in [0.29, 0.717) is 6.61 Å². The predicted molar refractivity (Wildman–Crippen MR) is 67.6 cm³/mol. The zero-order valence-corrected chi connectivity index (χ0v) is 10.4. The van der Waals surface area contributed by atoms with E-state index >= 15 is 0 Å². The van der Waals surface area contributed by atoms with E-state index in [1.807, 2.05) is 30.3 Å². The molecule has 17 heavy (non-hydrogen) atoms. The molecular formula is C14H22O3. The second kappa shape index (κ2) is 8.23. The summed E-state index contributed by atoms with van der Waals surface area (Å²) >= 11 is 0. The molecule has 0 heterocycles. The lowest BCUT2D eigenvalue weighted by Crippen LogP contribution is -2.32. The molecular weight excluding hydrogens is 216 g/mol. The van der Waals surface area contributed by atoms with Crippen molar-refractivity contribution in [3.05, 3.63) is 35.9 Å². The van der Waals surface area contributed by atoms with Crippen LogP contribution in [0.15, 0.2) is 30.3 Å². The molecule has 0 bridgehead atoms. The highest BCUT2D eigenvalue weighted by molar-refractivity contribution is 5.13. The molecule has 0 radical (unpaired) electrons. The van der Waals surface area contributed by atoms with Crippen molar-refractivity contribution in [1.82, 2.24) is 0 Å². The van der Waals surface area contributed by atoms with E-state index in [1.54, 1.807) is 0 Å². The first kappa shape index (κ1) is 14.2. The molecule has 3 nitrogen and oxygen atoms in total. The molecule has 1 rings (SSSR count). The number of hydrogen-bond acceptors (Lipinski definition) is 3. The average Bonchev–Trinajstić information content (AvgIpc) is 2.39. The maximum atomic E-state index is 9.65. The number of rotatable bonds is 8. The van der Waals surface area contributed by atoms with E-state index in [0.717, 1.165) is 24.8 Å². The molecule has 0 aliphatic carbocycles. The lowest BCUT2D eigenvalue weighted by Gasteiger charge is -2.21. The summed E-state index contributed by atoms with van der Waals surface area (Å²) in [5.41, 5.74) is 1.08. The third-order valence-corrected chi connectivity index (χ3v) is 2.77. The SMILES string of the molecule is CCCC[C@@H](OCc1ccccc1)[C@H](O)CO. The molecule has 0 unspecified atom stereocenters. The highest BCUT2D eigenvalue weighted by Gasteiger charge is 2.18. The Labute approximate surface area is 103 Å². The van der Waals surface area contributed by atoms with E-state index in [9.17, 15) is 5.11 Å². The Hall–Kier alpha value is -0.900. The summed E-state index contributed by atoms with van der Waals surface area (Å²) in [5.74, 6) is 0. The van der Waals surface area contributed by atoms with Crippen molar-refractivity contribution in [2.24, 2.45) is 0 Å². The number of ether oxygens (including phenoxy) is 1. The van der Waals surface area contributed by atoms with Crippen molar-refractivity contribution in [3.8, 4) is 0 Å². The van der Waals surface area contributed by atoms with Crippen LogP contribution in [-0.4, -0.2) is 29.0 Å². The van der Waals surface area contributed by atoms with Gasteiger partial charge in [0.25, 0.3) is 0 Å². The summed E-state index contributed by atoms with van der Waals surface area (Å²) in [6.45, 7) is 2.33. The quantitative estimate of drug-likeness (QED) is 0.729. The average molecular weight is 238 g/mol. The van der Waals surface area contributed by atoms with Crippen LogP contribution in [0.3, 0.4) is 0 Å². The van der Waals surface area contributed by atoms with Gasteiger partial charge in [-0.2, -0.15) is 0 Å². The fraction of sp³-hybridized carbons (Fsp3) is 0.571. The van der Waals surface area contributed by atoms with E-state index in [1.165, 1.54) is 0 Å². The monoisotopic (exact) mass is 238 g/mol. The van der Waals surface area contributed by atoms with E-state index in [2.05, 4.69) is 6.92 Å². The van der Waals surface area contributed by atoms with Gasteiger partial charge in [-0.1, -0.05) is 50.1 Å². The number of benzene rings is 1. The Morgan fingerprint density at radius 1 is 1.24 bits per heavy atom. The van der Waals surface area contributed by atoms with Crippen molar-refractivity contribution in [3.63, 3.8) is 0 Å². The summed E-state index contributed by atoms with van der Waals surface area (Å²) < 4.78 is 5.67. The molecule has 0 aliphatic heterocycles. The van der Waals surface area contributed by atoms with E-state index < -0.39 is 6.10 Å². The summed E-state index contributed by atoms with van der Waals surface area (Å²) in [4.78, 5) is 0. The van der Waals surface area contributed by atoms with Gasteiger partial charge in [0.05, 0.1) is 19.3 Å². The van der Waals surface area contributed by atoms with Gasteiger partial charge in [0.1, 0.15) is 6.10 Å². The predicted octanol–water partition coefficient (Wildman–Crippen LogP) is 2.12. The molecule has 1 aromatic carbocycles. The molecule has 0 spiro atoms. The van der Waals surface area contributed by atoms with Gasteiger partial charge in [-0.3, -0.25) is 0 Å². The van der Waals surface area contributed by atoms with Crippen molar-refractivity contribution in [2.75, 3.05) is 6.61 Å². The first-order chi connectivity index (χ1) is 8.27. The molecule has 1 aromatic rings. The van der Waals surface area contributed by atoms with Crippen LogP contribution in [0.2, 0.25) is 0 Å². The highest BCUT2D eigenvalue weighted by Crippen LogP contribution is 2.12. The molecule has 96 valence electrons. The summed E-state index contributed by atoms with van der Waals surface area (Å²) in [6.07, 6.45) is 1.77. The third kappa shape index (κ3) is 5.31. The minimum absolute atomic E-state index is 0.247. The summed E-state index contributed by atoms with van der Waals surface area (Å²) in [7, 11) is 0. The van der Waals surface area contributed by atoms with Crippen molar-refractivity contribution in [1.29, 1.82) is 0 Å². The Balaban J connectivity index is 2.43. The van der Waals surface area contributed by atoms with Gasteiger partial charge in [-0.25, -0.2) is 0 Å². The molecule has 2 N–H and O–H groups in total. The van der Waals surface area contributed by atoms with Gasteiger partial charge in [0, 0.05) is 0 Å². The third-order valence-electron chi connectivity index (χ3n) is 2.77. The number of unbranched alkanes of at least 4 members (excludes halogenated alkanes) is 1. The van der Waals surface area contributed by atoms with Gasteiger partial charge >= 0.3 is 0 Å². The van der Waals surface area contributed by atoms with Crippen LogP contribution in [0.1, 0.15) is 31.7 Å². The Morgan fingerprint density at radius 2 is 1.94 bits per heavy atom. The van der Waals surface area contributed by atoms with Crippen LogP contribution in [0.5, 0.6) is 0 Å². The van der Waals surface area contributed by atoms with Gasteiger partial charge in [0.2, 0.25) is 0 Å². The number of aliphatic hydroxyl groups excluding tert-OH is 2.